The SMILES string of the molecule is C[C@H](NS(=O)(=O)CC12CCC(CC1=O)C2(C)C)C(=O)N(C)C1CCCC1.Cl. The topological polar surface area (TPSA) is 83.5 Å². The lowest BCUT2D eigenvalue weighted by Crippen LogP contribution is -2.51. The van der Waals surface area contributed by atoms with Gasteiger partial charge in [-0.2, -0.15) is 0 Å². The number of halogens is 1. The molecule has 0 aromatic heterocycles. The first-order chi connectivity index (χ1) is 12.0. The van der Waals surface area contributed by atoms with Crippen LogP contribution in [0.2, 0.25) is 0 Å². The Morgan fingerprint density at radius 1 is 1.26 bits per heavy atom. The summed E-state index contributed by atoms with van der Waals surface area (Å²) in [5, 5.41) is 0. The lowest BCUT2D eigenvalue weighted by molar-refractivity contribution is -0.133. The third-order valence-electron chi connectivity index (χ3n) is 7.52. The molecule has 3 aliphatic carbocycles. The Morgan fingerprint density at radius 2 is 1.85 bits per heavy atom. The van der Waals surface area contributed by atoms with Crippen molar-refractivity contribution < 1.29 is 18.0 Å². The summed E-state index contributed by atoms with van der Waals surface area (Å²) >= 11 is 0. The molecule has 3 fully saturated rings. The molecule has 156 valence electrons. The maximum absolute atomic E-state index is 12.8. The number of likely N-dealkylation sites (N-methyl/N-ethyl adjacent to an activating group) is 1. The van der Waals surface area contributed by atoms with Crippen molar-refractivity contribution in [3.05, 3.63) is 0 Å². The molecule has 1 amide bonds. The van der Waals surface area contributed by atoms with Crippen molar-refractivity contribution in [1.82, 2.24) is 9.62 Å². The van der Waals surface area contributed by atoms with Crippen LogP contribution in [0.4, 0.5) is 0 Å². The van der Waals surface area contributed by atoms with Crippen LogP contribution in [0.1, 0.15) is 65.7 Å². The van der Waals surface area contributed by atoms with E-state index in [1.54, 1.807) is 18.9 Å². The third-order valence-corrected chi connectivity index (χ3v) is 9.11. The van der Waals surface area contributed by atoms with Crippen LogP contribution in [0.15, 0.2) is 0 Å². The van der Waals surface area contributed by atoms with Gasteiger partial charge in [-0.05, 0) is 43.9 Å². The smallest absolute Gasteiger partial charge is 0.240 e. The molecule has 2 bridgehead atoms. The molecule has 2 unspecified atom stereocenters. The number of sulfonamides is 1. The first kappa shape index (κ1) is 22.6. The van der Waals surface area contributed by atoms with E-state index in [4.69, 9.17) is 0 Å². The zero-order valence-corrected chi connectivity index (χ0v) is 18.4. The standard InChI is InChI=1S/C19H32N2O4S.ClH/c1-13(17(23)21(4)15-7-5-6-8-15)20-26(24,25)12-19-10-9-14(11-16(19)22)18(19,2)3;/h13-15,20H,5-12H2,1-4H3;1H/t13-,14?,19?;/m0./s1. The van der Waals surface area contributed by atoms with Crippen molar-refractivity contribution >= 4 is 34.1 Å². The number of carbonyl (C=O) groups is 2. The van der Waals surface area contributed by atoms with Gasteiger partial charge in [-0.3, -0.25) is 9.59 Å². The fraction of sp³-hybridized carbons (Fsp3) is 0.895. The van der Waals surface area contributed by atoms with Gasteiger partial charge in [-0.1, -0.05) is 26.7 Å². The molecule has 0 radical (unpaired) electrons. The van der Waals surface area contributed by atoms with E-state index >= 15 is 0 Å². The van der Waals surface area contributed by atoms with Crippen LogP contribution in [0.5, 0.6) is 0 Å². The van der Waals surface area contributed by atoms with Gasteiger partial charge in [0.2, 0.25) is 15.9 Å². The Bertz CT molecular complexity index is 702. The average Bonchev–Trinajstić information content (AvgIpc) is 3.19. The van der Waals surface area contributed by atoms with E-state index in [1.165, 1.54) is 0 Å². The van der Waals surface area contributed by atoms with Gasteiger partial charge < -0.3 is 4.90 Å². The van der Waals surface area contributed by atoms with Gasteiger partial charge in [0.15, 0.2) is 0 Å². The molecule has 0 saturated heterocycles. The van der Waals surface area contributed by atoms with E-state index in [9.17, 15) is 18.0 Å². The van der Waals surface area contributed by atoms with Crippen molar-refractivity contribution in [3.63, 3.8) is 0 Å². The first-order valence-electron chi connectivity index (χ1n) is 9.80. The highest BCUT2D eigenvalue weighted by Crippen LogP contribution is 2.64. The molecule has 0 aliphatic heterocycles. The summed E-state index contributed by atoms with van der Waals surface area (Å²) in [7, 11) is -1.98. The molecule has 3 aliphatic rings. The number of carbonyl (C=O) groups excluding carboxylic acids is 2. The molecule has 27 heavy (non-hydrogen) atoms. The highest BCUT2D eigenvalue weighted by molar-refractivity contribution is 7.89. The molecule has 3 rings (SSSR count). The molecule has 0 heterocycles. The number of hydrogen-bond acceptors (Lipinski definition) is 4. The Morgan fingerprint density at radius 3 is 2.33 bits per heavy atom. The van der Waals surface area contributed by atoms with Crippen molar-refractivity contribution in [2.24, 2.45) is 16.7 Å². The third kappa shape index (κ3) is 3.79. The zero-order valence-electron chi connectivity index (χ0n) is 16.8. The number of fused-ring (bicyclic) bond motifs is 2. The molecule has 0 aromatic rings. The lowest BCUT2D eigenvalue weighted by atomic mass is 9.70. The van der Waals surface area contributed by atoms with Gasteiger partial charge in [-0.25, -0.2) is 13.1 Å². The summed E-state index contributed by atoms with van der Waals surface area (Å²) in [5.74, 6) is -0.0455. The van der Waals surface area contributed by atoms with E-state index in [0.717, 1.165) is 32.1 Å². The highest BCUT2D eigenvalue weighted by Gasteiger charge is 2.65. The Kier molecular flexibility index (Phi) is 6.40. The van der Waals surface area contributed by atoms with Crippen LogP contribution >= 0.6 is 12.4 Å². The minimum atomic E-state index is -3.73. The lowest BCUT2D eigenvalue weighted by Gasteiger charge is -2.36. The van der Waals surface area contributed by atoms with Gasteiger partial charge in [0.1, 0.15) is 5.78 Å². The molecular formula is C19H33ClN2O4S. The summed E-state index contributed by atoms with van der Waals surface area (Å²) in [6.07, 6.45) is 6.22. The fourth-order valence-corrected chi connectivity index (χ4v) is 7.62. The molecule has 3 atom stereocenters. The normalized spacial score (nSPS) is 31.0. The van der Waals surface area contributed by atoms with E-state index in [-0.39, 0.29) is 47.2 Å². The Balaban J connectivity index is 0.00000261. The highest BCUT2D eigenvalue weighted by atomic mass is 35.5. The van der Waals surface area contributed by atoms with Crippen LogP contribution in [-0.2, 0) is 19.6 Å². The summed E-state index contributed by atoms with van der Waals surface area (Å²) in [5.41, 5.74) is -1.10. The van der Waals surface area contributed by atoms with Crippen molar-refractivity contribution in [2.45, 2.75) is 77.8 Å². The number of amides is 1. The van der Waals surface area contributed by atoms with Gasteiger partial charge in [0, 0.05) is 24.9 Å². The second-order valence-corrected chi connectivity index (χ2v) is 10.9. The number of ketones is 1. The maximum Gasteiger partial charge on any atom is 0.240 e. The van der Waals surface area contributed by atoms with Crippen LogP contribution in [0, 0.1) is 16.7 Å². The number of hydrogen-bond donors (Lipinski definition) is 1. The van der Waals surface area contributed by atoms with Crippen LogP contribution in [0.25, 0.3) is 0 Å². The van der Waals surface area contributed by atoms with Crippen LogP contribution in [0.3, 0.4) is 0 Å². The van der Waals surface area contributed by atoms with Crippen molar-refractivity contribution in [1.29, 1.82) is 0 Å². The quantitative estimate of drug-likeness (QED) is 0.715. The predicted octanol–water partition coefficient (Wildman–Crippen LogP) is 2.51. The van der Waals surface area contributed by atoms with E-state index in [2.05, 4.69) is 4.72 Å². The van der Waals surface area contributed by atoms with E-state index in [0.29, 0.717) is 12.8 Å². The predicted molar refractivity (Wildman–Crippen MR) is 107 cm³/mol. The first-order valence-corrected chi connectivity index (χ1v) is 11.5. The van der Waals surface area contributed by atoms with Crippen LogP contribution < -0.4 is 4.72 Å². The van der Waals surface area contributed by atoms with Gasteiger partial charge in [0.05, 0.1) is 11.8 Å². The van der Waals surface area contributed by atoms with E-state index in [1.807, 2.05) is 13.8 Å². The fourth-order valence-electron chi connectivity index (χ4n) is 5.57. The van der Waals surface area contributed by atoms with Crippen molar-refractivity contribution in [3.8, 4) is 0 Å². The van der Waals surface area contributed by atoms with Gasteiger partial charge in [0.25, 0.3) is 0 Å². The van der Waals surface area contributed by atoms with E-state index < -0.39 is 21.5 Å². The second-order valence-electron chi connectivity index (χ2n) is 9.15. The second kappa shape index (κ2) is 7.64. The van der Waals surface area contributed by atoms with Crippen molar-refractivity contribution in [2.75, 3.05) is 12.8 Å². The molecule has 3 saturated carbocycles. The average molecular weight is 421 g/mol. The van der Waals surface area contributed by atoms with Gasteiger partial charge >= 0.3 is 0 Å². The minimum Gasteiger partial charge on any atom is -0.341 e. The minimum absolute atomic E-state index is 0. The molecule has 0 spiro atoms. The van der Waals surface area contributed by atoms with Crippen LogP contribution in [-0.4, -0.2) is 49.9 Å². The summed E-state index contributed by atoms with van der Waals surface area (Å²) in [6.45, 7) is 5.64. The summed E-state index contributed by atoms with van der Waals surface area (Å²) in [4.78, 5) is 26.9. The molecule has 8 heteroatoms. The Hall–Kier alpha value is -0.660. The monoisotopic (exact) mass is 420 g/mol. The number of rotatable bonds is 6. The molecule has 1 N–H and O–H groups in total. The summed E-state index contributed by atoms with van der Waals surface area (Å²) in [6, 6.07) is -0.599. The maximum atomic E-state index is 12.8. The summed E-state index contributed by atoms with van der Waals surface area (Å²) < 4.78 is 28.2. The number of nitrogens with zero attached hydrogens (tertiary/aromatic N) is 1. The zero-order chi connectivity index (χ0) is 19.3. The Labute approximate surface area is 169 Å². The molecule has 0 aromatic carbocycles. The number of nitrogens with one attached hydrogen (secondary N) is 1. The van der Waals surface area contributed by atoms with Gasteiger partial charge in [-0.15, -0.1) is 12.4 Å². The number of Topliss-reactive ketones (excluding diaryl/α,β-unsaturated/α-hetero) is 1. The molecule has 6 nitrogen and oxygen atoms in total. The molecular weight excluding hydrogens is 388 g/mol. The largest absolute Gasteiger partial charge is 0.341 e.